The van der Waals surface area contributed by atoms with E-state index in [-0.39, 0.29) is 40.8 Å². The molecule has 226 valence electrons. The number of hydrogen-bond donors (Lipinski definition) is 0. The zero-order valence-electron chi connectivity index (χ0n) is 24.3. The van der Waals surface area contributed by atoms with Crippen LogP contribution in [-0.4, -0.2) is 67.0 Å². The first-order chi connectivity index (χ1) is 21.3. The van der Waals surface area contributed by atoms with Crippen LogP contribution >= 0.6 is 23.5 Å². The number of anilines is 1. The lowest BCUT2D eigenvalue weighted by atomic mass is 10.1. The van der Waals surface area contributed by atoms with Gasteiger partial charge in [0.05, 0.1) is 34.4 Å². The van der Waals surface area contributed by atoms with Crippen LogP contribution in [0.25, 0.3) is 28.0 Å². The number of carbonyl (C=O) groups is 1. The van der Waals surface area contributed by atoms with E-state index in [1.54, 1.807) is 35.0 Å². The minimum atomic E-state index is -0.703. The Morgan fingerprint density at radius 3 is 2.64 bits per heavy atom. The van der Waals surface area contributed by atoms with Crippen LogP contribution in [0.5, 0.6) is 0 Å². The number of rotatable bonds is 3. The summed E-state index contributed by atoms with van der Waals surface area (Å²) in [7, 11) is 0. The van der Waals surface area contributed by atoms with Crippen LogP contribution in [0.3, 0.4) is 0 Å². The molecule has 1 saturated heterocycles. The van der Waals surface area contributed by atoms with Crippen molar-refractivity contribution in [3.05, 3.63) is 77.0 Å². The number of thioether (sulfide) groups is 2. The van der Waals surface area contributed by atoms with Crippen molar-refractivity contribution in [3.8, 4) is 16.9 Å². The Bertz CT molecular complexity index is 1900. The molecule has 1 saturated carbocycles. The molecule has 2 bridgehead atoms. The summed E-state index contributed by atoms with van der Waals surface area (Å²) in [5, 5.41) is 0.343. The summed E-state index contributed by atoms with van der Waals surface area (Å²) >= 11 is 3.08. The van der Waals surface area contributed by atoms with Gasteiger partial charge < -0.3 is 9.80 Å². The molecule has 44 heavy (non-hydrogen) atoms. The van der Waals surface area contributed by atoms with Gasteiger partial charge in [0.2, 0.25) is 5.91 Å². The number of pyridine rings is 2. The van der Waals surface area contributed by atoms with Gasteiger partial charge in [0, 0.05) is 29.1 Å². The van der Waals surface area contributed by atoms with Crippen LogP contribution in [0.15, 0.2) is 63.8 Å². The first-order valence-corrected chi connectivity index (χ1v) is 16.6. The molecular weight excluding hydrogens is 603 g/mol. The lowest BCUT2D eigenvalue weighted by Gasteiger charge is -2.35. The van der Waals surface area contributed by atoms with E-state index in [0.717, 1.165) is 17.1 Å². The van der Waals surface area contributed by atoms with Crippen LogP contribution in [0.1, 0.15) is 38.3 Å². The highest BCUT2D eigenvalue weighted by molar-refractivity contribution is 8.00. The summed E-state index contributed by atoms with van der Waals surface area (Å²) < 4.78 is 33.2. The quantitative estimate of drug-likeness (QED) is 0.262. The van der Waals surface area contributed by atoms with Crippen LogP contribution in [0.2, 0.25) is 0 Å². The maximum Gasteiger partial charge on any atom is 0.355 e. The molecule has 2 aliphatic heterocycles. The summed E-state index contributed by atoms with van der Waals surface area (Å²) in [4.78, 5) is 45.8. The van der Waals surface area contributed by atoms with Gasteiger partial charge in [0.25, 0.3) is 0 Å². The summed E-state index contributed by atoms with van der Waals surface area (Å²) in [5.41, 5.74) is 0.795. The third-order valence-electron chi connectivity index (χ3n) is 8.34. The van der Waals surface area contributed by atoms with E-state index in [1.165, 1.54) is 34.5 Å². The van der Waals surface area contributed by atoms with Gasteiger partial charge in [-0.3, -0.25) is 9.78 Å². The molecule has 4 aromatic rings. The van der Waals surface area contributed by atoms with E-state index in [0.29, 0.717) is 52.7 Å². The van der Waals surface area contributed by atoms with Crippen molar-refractivity contribution in [1.82, 2.24) is 24.4 Å². The molecule has 8 nitrogen and oxygen atoms in total. The first kappa shape index (κ1) is 29.0. The van der Waals surface area contributed by atoms with E-state index >= 15 is 8.78 Å². The smallest absolute Gasteiger partial charge is 0.349 e. The van der Waals surface area contributed by atoms with Gasteiger partial charge in [-0.05, 0) is 60.6 Å². The van der Waals surface area contributed by atoms with E-state index < -0.39 is 17.3 Å². The normalized spacial score (nSPS) is 19.5. The number of benzene rings is 1. The summed E-state index contributed by atoms with van der Waals surface area (Å²) in [6, 6.07) is 7.79. The first-order valence-electron chi connectivity index (χ1n) is 14.6. The van der Waals surface area contributed by atoms with Gasteiger partial charge in [-0.1, -0.05) is 26.5 Å². The Balaban J connectivity index is 1.53. The summed E-state index contributed by atoms with van der Waals surface area (Å²) in [6.07, 6.45) is 4.56. The third kappa shape index (κ3) is 4.79. The number of halogens is 2. The fourth-order valence-electron chi connectivity index (χ4n) is 6.23. The number of nitrogens with zero attached hydrogens (tertiary/aromatic N) is 6. The average molecular weight is 633 g/mol. The fourth-order valence-corrected chi connectivity index (χ4v) is 8.44. The van der Waals surface area contributed by atoms with Crippen LogP contribution < -0.4 is 10.6 Å². The zero-order chi connectivity index (χ0) is 30.7. The molecule has 0 N–H and O–H groups in total. The van der Waals surface area contributed by atoms with Crippen molar-refractivity contribution < 1.29 is 13.6 Å². The van der Waals surface area contributed by atoms with Crippen LogP contribution in [0.4, 0.5) is 14.6 Å². The van der Waals surface area contributed by atoms with Crippen molar-refractivity contribution in [2.45, 2.75) is 54.5 Å². The minimum absolute atomic E-state index is 0.0424. The highest BCUT2D eigenvalue weighted by Crippen LogP contribution is 2.43. The van der Waals surface area contributed by atoms with Crippen LogP contribution in [0, 0.1) is 11.6 Å². The number of aromatic nitrogens is 4. The molecule has 12 heteroatoms. The number of fused-ring (bicyclic) bond motifs is 6. The molecular formula is C32H30F2N6O2S2. The van der Waals surface area contributed by atoms with Gasteiger partial charge in [0.15, 0.2) is 11.5 Å². The molecule has 1 aliphatic carbocycles. The monoisotopic (exact) mass is 632 g/mol. The molecule has 1 amide bonds. The molecule has 3 aliphatic rings. The van der Waals surface area contributed by atoms with E-state index in [4.69, 9.17) is 4.98 Å². The molecule has 7 rings (SSSR count). The SMILES string of the molecule is C=CC(=O)N1CCN(c2nc(=O)n3c4nc(c(F)cc24)-c2c(F)cccc2SCCCSc2ccnc(C(C)C)c2-3)[C@H]2CC21. The van der Waals surface area contributed by atoms with E-state index in [1.807, 2.05) is 24.8 Å². The van der Waals surface area contributed by atoms with Gasteiger partial charge in [-0.25, -0.2) is 23.1 Å². The van der Waals surface area contributed by atoms with Crippen molar-refractivity contribution in [2.75, 3.05) is 29.5 Å². The Hall–Kier alpha value is -3.77. The second-order valence-electron chi connectivity index (χ2n) is 11.4. The fraction of sp³-hybridized carbons (Fsp3) is 0.344. The molecule has 2 fully saturated rings. The third-order valence-corrected chi connectivity index (χ3v) is 10.6. The second-order valence-corrected chi connectivity index (χ2v) is 13.7. The Labute approximate surface area is 261 Å². The summed E-state index contributed by atoms with van der Waals surface area (Å²) in [6.45, 7) is 8.45. The summed E-state index contributed by atoms with van der Waals surface area (Å²) in [5.74, 6) is 0.305. The predicted molar refractivity (Wildman–Crippen MR) is 170 cm³/mol. The van der Waals surface area contributed by atoms with Gasteiger partial charge in [-0.2, -0.15) is 4.98 Å². The Kier molecular flexibility index (Phi) is 7.44. The average Bonchev–Trinajstić information content (AvgIpc) is 3.81. The molecule has 1 unspecified atom stereocenters. The van der Waals surface area contributed by atoms with Crippen molar-refractivity contribution in [2.24, 2.45) is 0 Å². The van der Waals surface area contributed by atoms with Crippen molar-refractivity contribution in [1.29, 1.82) is 0 Å². The highest BCUT2D eigenvalue weighted by atomic mass is 32.2. The van der Waals surface area contributed by atoms with Crippen molar-refractivity contribution in [3.63, 3.8) is 0 Å². The molecule has 1 aromatic carbocycles. The second kappa shape index (κ2) is 11.3. The standard InChI is InChI=1S/C32H30F2N6O2S2/c1-4-25(41)38-11-12-39(22-16-21(22)38)30-18-15-20(34)28-26-19(33)7-5-8-23(26)43-13-6-14-44-24-9-10-35-27(17(2)3)29(24)40(31(18)36-28)32(42)37-30/h4-5,7-10,15,17,21-22H,1,6,11-14,16H2,2-3H3/t21?,22-/m0/s1. The largest absolute Gasteiger partial charge is 0.355 e. The number of carbonyl (C=O) groups excluding carboxylic acids is 1. The van der Waals surface area contributed by atoms with Crippen LogP contribution in [-0.2, 0) is 4.79 Å². The van der Waals surface area contributed by atoms with Gasteiger partial charge >= 0.3 is 5.69 Å². The number of hydrogen-bond acceptors (Lipinski definition) is 8. The van der Waals surface area contributed by atoms with Gasteiger partial charge in [-0.15, -0.1) is 23.5 Å². The predicted octanol–water partition coefficient (Wildman–Crippen LogP) is 5.81. The van der Waals surface area contributed by atoms with E-state index in [2.05, 4.69) is 16.5 Å². The highest BCUT2D eigenvalue weighted by Gasteiger charge is 2.51. The maximum atomic E-state index is 16.2. The molecule has 3 aromatic heterocycles. The minimum Gasteiger partial charge on any atom is -0.349 e. The lowest BCUT2D eigenvalue weighted by Crippen LogP contribution is -2.49. The number of amides is 1. The molecule has 0 spiro atoms. The van der Waals surface area contributed by atoms with Crippen molar-refractivity contribution >= 4 is 46.3 Å². The Morgan fingerprint density at radius 1 is 1.07 bits per heavy atom. The molecule has 2 atom stereocenters. The van der Waals surface area contributed by atoms with Gasteiger partial charge in [0.1, 0.15) is 17.3 Å². The Morgan fingerprint density at radius 2 is 1.86 bits per heavy atom. The topological polar surface area (TPSA) is 84.2 Å². The maximum absolute atomic E-state index is 16.2. The molecule has 5 heterocycles. The number of piperazine rings is 1. The zero-order valence-corrected chi connectivity index (χ0v) is 25.9. The lowest BCUT2D eigenvalue weighted by molar-refractivity contribution is -0.126. The molecule has 0 radical (unpaired) electrons. The van der Waals surface area contributed by atoms with E-state index in [9.17, 15) is 9.59 Å².